The van der Waals surface area contributed by atoms with Crippen LogP contribution in [0.5, 0.6) is 0 Å². The molecular weight excluding hydrogens is 887 g/mol. The first kappa shape index (κ1) is 43.7. The summed E-state index contributed by atoms with van der Waals surface area (Å²) in [5.41, 5.74) is 24.2. The maximum atomic E-state index is 9.49. The van der Waals surface area contributed by atoms with Crippen LogP contribution in [0.1, 0.15) is 142 Å². The molecule has 0 bridgehead atoms. The Bertz CT molecular complexity index is 2670. The number of allylic oxidation sites excluding steroid dienone is 2. The Morgan fingerprint density at radius 2 is 1.00 bits per heavy atom. The van der Waals surface area contributed by atoms with E-state index in [1.165, 1.54) is 114 Å². The van der Waals surface area contributed by atoms with E-state index in [4.69, 9.17) is 0 Å². The van der Waals surface area contributed by atoms with Crippen LogP contribution >= 0.6 is 17.0 Å². The minimum atomic E-state index is -5.69. The second kappa shape index (κ2) is 16.5. The summed E-state index contributed by atoms with van der Waals surface area (Å²) in [5.74, 6) is 0.711. The predicted molar refractivity (Wildman–Crippen MR) is 273 cm³/mol. The van der Waals surface area contributed by atoms with Gasteiger partial charge in [-0.15, -0.1) is 0 Å². The number of hydrogen-bond donors (Lipinski definition) is 0. The zero-order valence-corrected chi connectivity index (χ0v) is 44.0. The number of fused-ring (bicyclic) bond motifs is 5. The molecule has 317 valence electrons. The van der Waals surface area contributed by atoms with Crippen molar-refractivity contribution in [3.05, 3.63) is 170 Å². The summed E-state index contributed by atoms with van der Waals surface area (Å²) in [6.07, 6.45) is 9.16. The van der Waals surface area contributed by atoms with Crippen LogP contribution in [0.3, 0.4) is 0 Å². The Kier molecular flexibility index (Phi) is 11.6. The third kappa shape index (κ3) is 7.01. The van der Waals surface area contributed by atoms with E-state index in [1.54, 1.807) is 0 Å². The summed E-state index contributed by atoms with van der Waals surface area (Å²) >= 11 is -5.69. The van der Waals surface area contributed by atoms with Crippen molar-refractivity contribution in [1.82, 2.24) is 0 Å². The van der Waals surface area contributed by atoms with Gasteiger partial charge in [0.15, 0.2) is 0 Å². The van der Waals surface area contributed by atoms with Gasteiger partial charge in [0.25, 0.3) is 0 Å². The van der Waals surface area contributed by atoms with Crippen LogP contribution < -0.4 is 13.6 Å². The zero-order valence-electron chi connectivity index (χ0n) is 38.6. The van der Waals surface area contributed by atoms with Crippen LogP contribution in [0.25, 0.3) is 45.5 Å². The van der Waals surface area contributed by atoms with Crippen molar-refractivity contribution in [2.24, 2.45) is 0 Å². The fraction of sp³-hybridized carbons (Fsp3) is 0.310. The van der Waals surface area contributed by atoms with Gasteiger partial charge in [0, 0.05) is 0 Å². The van der Waals surface area contributed by atoms with Gasteiger partial charge >= 0.3 is 386 Å². The van der Waals surface area contributed by atoms with Crippen molar-refractivity contribution in [2.45, 2.75) is 114 Å². The van der Waals surface area contributed by atoms with Crippen molar-refractivity contribution in [1.29, 1.82) is 0 Å². The van der Waals surface area contributed by atoms with Gasteiger partial charge in [-0.05, 0) is 0 Å². The van der Waals surface area contributed by atoms with Crippen molar-refractivity contribution >= 4 is 52.3 Å². The van der Waals surface area contributed by atoms with Gasteiger partial charge in [0.1, 0.15) is 0 Å². The van der Waals surface area contributed by atoms with Crippen molar-refractivity contribution < 1.29 is 16.4 Å². The Morgan fingerprint density at radius 3 is 1.45 bits per heavy atom. The first-order chi connectivity index (χ1) is 29.6. The average Bonchev–Trinajstić information content (AvgIpc) is 3.91. The Labute approximate surface area is 383 Å². The summed E-state index contributed by atoms with van der Waals surface area (Å²) in [7, 11) is 18.1. The molecule has 3 aliphatic rings. The Hall–Kier alpha value is -3.52. The molecule has 0 amide bonds. The molecule has 0 nitrogen and oxygen atoms in total. The normalized spacial score (nSPS) is 17.5. The molecule has 4 heteroatoms. The molecule has 1 heterocycles. The molecule has 9 rings (SSSR count). The molecule has 0 aromatic heterocycles. The monoisotopic (exact) mass is 947 g/mol. The fourth-order valence-corrected chi connectivity index (χ4v) is 40.2. The van der Waals surface area contributed by atoms with Crippen LogP contribution in [-0.2, 0) is 16.4 Å². The quantitative estimate of drug-likeness (QED) is 0.113. The van der Waals surface area contributed by atoms with Crippen LogP contribution in [0.4, 0.5) is 0 Å². The van der Waals surface area contributed by atoms with Gasteiger partial charge in [-0.2, -0.15) is 0 Å². The van der Waals surface area contributed by atoms with E-state index in [0.717, 1.165) is 25.7 Å². The van der Waals surface area contributed by atoms with Gasteiger partial charge in [-0.3, -0.25) is 0 Å². The molecule has 6 aromatic carbocycles. The first-order valence-electron chi connectivity index (χ1n) is 23.3. The van der Waals surface area contributed by atoms with Crippen molar-refractivity contribution in [3.8, 4) is 33.4 Å². The van der Waals surface area contributed by atoms with Crippen molar-refractivity contribution in [3.63, 3.8) is 0 Å². The molecular formula is C58H63Cl2SiZr. The summed E-state index contributed by atoms with van der Waals surface area (Å²) in [4.78, 5) is 0. The second-order valence-corrected chi connectivity index (χ2v) is 42.2. The Morgan fingerprint density at radius 1 is 0.548 bits per heavy atom. The van der Waals surface area contributed by atoms with E-state index in [1.807, 2.05) is 0 Å². The zero-order chi connectivity index (χ0) is 43.9. The number of aryl methyl sites for hydroxylation is 4. The minimum absolute atomic E-state index is 0.0875. The number of hydrogen-bond acceptors (Lipinski definition) is 0. The van der Waals surface area contributed by atoms with E-state index in [9.17, 15) is 17.0 Å². The third-order valence-electron chi connectivity index (χ3n) is 14.4. The number of rotatable bonds is 11. The van der Waals surface area contributed by atoms with Gasteiger partial charge in [0.05, 0.1) is 0 Å². The van der Waals surface area contributed by atoms with Crippen LogP contribution in [0, 0.1) is 27.7 Å². The molecule has 62 heavy (non-hydrogen) atoms. The molecule has 0 saturated heterocycles. The molecule has 6 aromatic rings. The summed E-state index contributed by atoms with van der Waals surface area (Å²) in [6, 6.07) is 40.2. The number of benzene rings is 6. The SMILES string of the molecule is CCCC1=Cc2c(ccc(C(C)C)c2-c2cc(C)cc(C)c2)[CH]1[Zr]([Cl])([Cl])([c]1cccc2c1[SiH2]c1ccccc1-2)[CH]1C(CCC)=Cc2c1ccc(C(C)C)c2-c1cc(C)cc(C)c1. The van der Waals surface area contributed by atoms with Gasteiger partial charge in [-0.25, -0.2) is 0 Å². The average molecular weight is 950 g/mol. The summed E-state index contributed by atoms with van der Waals surface area (Å²) < 4.78 is 1.14. The van der Waals surface area contributed by atoms with E-state index in [0.29, 0.717) is 11.8 Å². The van der Waals surface area contributed by atoms with Gasteiger partial charge in [-0.1, -0.05) is 0 Å². The van der Waals surface area contributed by atoms with E-state index < -0.39 is 25.9 Å². The summed E-state index contributed by atoms with van der Waals surface area (Å²) in [6.45, 7) is 23.0. The standard InChI is InChI=1S/2C23H27.C12H9Si.2ClH.Zr/c2*1-6-7-18-13-19-8-9-21(15(2)3)23(22(19)14-18)20-11-16(4)10-17(5)12-20;1-3-7-11-9(5-1)10-6-2-4-8-12(10)13-11;;;/h2*8-15H,6-7H2,1-5H3;1-7H,13H2;2*1H;/q;;;;;+2/p-2. The van der Waals surface area contributed by atoms with E-state index in [2.05, 4.69) is 185 Å². The Balaban J connectivity index is 1.41. The third-order valence-corrected chi connectivity index (χ3v) is 37.2. The van der Waals surface area contributed by atoms with Crippen molar-refractivity contribution in [2.75, 3.05) is 0 Å². The molecule has 2 unspecified atom stereocenters. The van der Waals surface area contributed by atoms with E-state index >= 15 is 0 Å². The van der Waals surface area contributed by atoms with E-state index in [-0.39, 0.29) is 7.25 Å². The molecule has 2 aliphatic carbocycles. The molecule has 0 radical (unpaired) electrons. The van der Waals surface area contributed by atoms with Gasteiger partial charge in [0.2, 0.25) is 0 Å². The summed E-state index contributed by atoms with van der Waals surface area (Å²) in [5, 5.41) is 2.99. The molecule has 0 fully saturated rings. The molecule has 0 spiro atoms. The topological polar surface area (TPSA) is 0 Å². The van der Waals surface area contributed by atoms with Crippen LogP contribution in [0.2, 0.25) is 0 Å². The number of halogens is 2. The molecule has 1 aliphatic heterocycles. The maximum absolute atomic E-state index is 9.49. The van der Waals surface area contributed by atoms with Crippen LogP contribution in [0.15, 0.2) is 114 Å². The molecule has 0 N–H and O–H groups in total. The second-order valence-electron chi connectivity index (χ2n) is 19.7. The first-order valence-corrected chi connectivity index (χ1v) is 35.1. The van der Waals surface area contributed by atoms with Gasteiger partial charge < -0.3 is 0 Å². The van der Waals surface area contributed by atoms with Crippen LogP contribution in [-0.4, -0.2) is 9.52 Å². The predicted octanol–water partition coefficient (Wildman–Crippen LogP) is 15.1. The fourth-order valence-electron chi connectivity index (χ4n) is 12.2. The molecule has 2 atom stereocenters. The molecule has 0 saturated carbocycles.